The normalized spacial score (nSPS) is 11.0. The van der Waals surface area contributed by atoms with Gasteiger partial charge in [0, 0.05) is 42.7 Å². The highest BCUT2D eigenvalue weighted by Crippen LogP contribution is 2.31. The Balaban J connectivity index is 1.25. The van der Waals surface area contributed by atoms with Gasteiger partial charge in [0.1, 0.15) is 35.4 Å². The Hall–Kier alpha value is -4.69. The van der Waals surface area contributed by atoms with Crippen LogP contribution in [-0.4, -0.2) is 28.7 Å². The van der Waals surface area contributed by atoms with E-state index in [0.29, 0.717) is 49.2 Å². The minimum Gasteiger partial charge on any atom is -0.493 e. The molecule has 0 aliphatic heterocycles. The summed E-state index contributed by atoms with van der Waals surface area (Å²) in [4.78, 5) is 16.8. The summed E-state index contributed by atoms with van der Waals surface area (Å²) in [6.07, 6.45) is 1.37. The van der Waals surface area contributed by atoms with E-state index in [1.807, 2.05) is 93.7 Å². The van der Waals surface area contributed by atoms with Crippen molar-refractivity contribution < 1.29 is 23.7 Å². The Morgan fingerprint density at radius 3 is 2.36 bits per heavy atom. The van der Waals surface area contributed by atoms with Gasteiger partial charge in [-0.15, -0.1) is 0 Å². The molecule has 0 radical (unpaired) electrons. The maximum absolute atomic E-state index is 12.0. The van der Waals surface area contributed by atoms with Crippen LogP contribution in [0.5, 0.6) is 23.0 Å². The molecule has 9 heteroatoms. The summed E-state index contributed by atoms with van der Waals surface area (Å²) in [5.41, 5.74) is 12.6. The second-order valence-electron chi connectivity index (χ2n) is 10.9. The van der Waals surface area contributed by atoms with Gasteiger partial charge in [-0.3, -0.25) is 4.79 Å². The van der Waals surface area contributed by atoms with Crippen LogP contribution in [-0.2, 0) is 36.0 Å². The van der Waals surface area contributed by atoms with Crippen LogP contribution in [0.3, 0.4) is 0 Å². The molecule has 4 aromatic carbocycles. The third kappa shape index (κ3) is 8.08. The molecule has 5 rings (SSSR count). The molecule has 0 bridgehead atoms. The number of rotatable bonds is 13. The van der Waals surface area contributed by atoms with Crippen molar-refractivity contribution in [2.45, 2.75) is 46.6 Å². The number of carbonyl (C=O) groups is 1. The lowest BCUT2D eigenvalue weighted by molar-refractivity contribution is -0.143. The molecule has 0 fully saturated rings. The fraction of sp³-hybridized carbons (Fsp3) is 0.278. The zero-order chi connectivity index (χ0) is 31.9. The summed E-state index contributed by atoms with van der Waals surface area (Å²) in [5.74, 6) is 3.46. The summed E-state index contributed by atoms with van der Waals surface area (Å²) in [5, 5.41) is 0.668. The van der Waals surface area contributed by atoms with Gasteiger partial charge in [0.05, 0.1) is 24.2 Å². The zero-order valence-corrected chi connectivity index (χ0v) is 26.8. The molecule has 0 spiro atoms. The van der Waals surface area contributed by atoms with E-state index in [1.54, 1.807) is 6.92 Å². The lowest BCUT2D eigenvalue weighted by atomic mass is 10.1. The molecule has 0 unspecified atom stereocenters. The first kappa shape index (κ1) is 31.7. The van der Waals surface area contributed by atoms with Crippen molar-refractivity contribution in [3.8, 4) is 23.0 Å². The Morgan fingerprint density at radius 1 is 0.889 bits per heavy atom. The van der Waals surface area contributed by atoms with Crippen molar-refractivity contribution in [2.75, 3.05) is 18.9 Å². The van der Waals surface area contributed by atoms with Gasteiger partial charge in [-0.2, -0.15) is 0 Å². The van der Waals surface area contributed by atoms with Crippen molar-refractivity contribution in [1.29, 1.82) is 0 Å². The molecule has 1 aromatic heterocycles. The monoisotopic (exact) mass is 627 g/mol. The van der Waals surface area contributed by atoms with Crippen LogP contribution in [0.25, 0.3) is 11.0 Å². The van der Waals surface area contributed by atoms with E-state index in [2.05, 4.69) is 4.57 Å². The number of carbonyl (C=O) groups excluding carboxylic acids is 1. The Morgan fingerprint density at radius 2 is 1.62 bits per heavy atom. The first-order valence-corrected chi connectivity index (χ1v) is 15.4. The van der Waals surface area contributed by atoms with E-state index in [-0.39, 0.29) is 12.4 Å². The van der Waals surface area contributed by atoms with Crippen molar-refractivity contribution in [3.63, 3.8) is 0 Å². The predicted octanol–water partition coefficient (Wildman–Crippen LogP) is 7.91. The third-order valence-electron chi connectivity index (χ3n) is 7.59. The van der Waals surface area contributed by atoms with Crippen LogP contribution in [0.2, 0.25) is 5.02 Å². The maximum atomic E-state index is 12.0. The number of hydrogen-bond acceptors (Lipinski definition) is 7. The molecular weight excluding hydrogens is 590 g/mol. The summed E-state index contributed by atoms with van der Waals surface area (Å²) in [6, 6.07) is 23.0. The summed E-state index contributed by atoms with van der Waals surface area (Å²) in [7, 11) is 1.99. The Kier molecular flexibility index (Phi) is 10.1. The van der Waals surface area contributed by atoms with Gasteiger partial charge in [-0.1, -0.05) is 29.8 Å². The van der Waals surface area contributed by atoms with Crippen molar-refractivity contribution >= 4 is 34.3 Å². The number of nitrogens with two attached hydrogens (primary N) is 1. The average molecular weight is 628 g/mol. The molecular formula is C36H38ClN3O5. The van der Waals surface area contributed by atoms with E-state index >= 15 is 0 Å². The van der Waals surface area contributed by atoms with Crippen LogP contribution >= 0.6 is 11.6 Å². The smallest absolute Gasteiger partial charge is 0.306 e. The molecule has 5 aromatic rings. The van der Waals surface area contributed by atoms with Gasteiger partial charge < -0.3 is 29.2 Å². The third-order valence-corrected chi connectivity index (χ3v) is 7.84. The van der Waals surface area contributed by atoms with E-state index in [9.17, 15) is 4.79 Å². The quantitative estimate of drug-likeness (QED) is 0.105. The molecule has 0 saturated heterocycles. The second kappa shape index (κ2) is 14.4. The molecule has 0 atom stereocenters. The van der Waals surface area contributed by atoms with E-state index in [0.717, 1.165) is 56.3 Å². The summed E-state index contributed by atoms with van der Waals surface area (Å²) < 4.78 is 25.7. The molecule has 2 N–H and O–H groups in total. The molecule has 0 saturated carbocycles. The molecule has 1 heterocycles. The highest BCUT2D eigenvalue weighted by atomic mass is 35.5. The zero-order valence-electron chi connectivity index (χ0n) is 26.1. The fourth-order valence-electron chi connectivity index (χ4n) is 5.07. The molecule has 8 nitrogen and oxygen atoms in total. The number of aryl methyl sites for hydroxylation is 4. The maximum Gasteiger partial charge on any atom is 0.306 e. The summed E-state index contributed by atoms with van der Waals surface area (Å²) >= 11 is 6.03. The molecule has 45 heavy (non-hydrogen) atoms. The Labute approximate surface area is 268 Å². The van der Waals surface area contributed by atoms with Gasteiger partial charge in [0.25, 0.3) is 0 Å². The largest absolute Gasteiger partial charge is 0.493 e. The molecule has 0 aliphatic rings. The average Bonchev–Trinajstić information content (AvgIpc) is 3.33. The van der Waals surface area contributed by atoms with Gasteiger partial charge in [0.15, 0.2) is 0 Å². The predicted molar refractivity (Wildman–Crippen MR) is 177 cm³/mol. The number of ether oxygens (including phenoxy) is 4. The standard InChI is InChI=1S/C36H38ClN3O5/c1-5-42-35(41)15-9-26-8-12-28(21-33(26)44-22-25-6-10-27(37)11-7-25)43-17-16-34-39-31-14-13-29(20-32(31)40(34)4)45-30-18-23(2)36(38)24(3)19-30/h6-8,10-14,18-21H,5,9,15-17,22,38H2,1-4H3. The number of hydrogen-bond donors (Lipinski definition) is 1. The number of halogens is 1. The van der Waals surface area contributed by atoms with Crippen LogP contribution in [0.15, 0.2) is 72.8 Å². The van der Waals surface area contributed by atoms with Gasteiger partial charge >= 0.3 is 5.97 Å². The molecule has 0 amide bonds. The number of imidazole rings is 1. The first-order valence-electron chi connectivity index (χ1n) is 15.0. The van der Waals surface area contributed by atoms with Gasteiger partial charge in [-0.25, -0.2) is 4.98 Å². The number of aromatic nitrogens is 2. The number of esters is 1. The fourth-order valence-corrected chi connectivity index (χ4v) is 5.20. The van der Waals surface area contributed by atoms with E-state index in [4.69, 9.17) is 41.3 Å². The lowest BCUT2D eigenvalue weighted by Crippen LogP contribution is -2.08. The SMILES string of the molecule is CCOC(=O)CCc1ccc(OCCc2nc3ccc(Oc4cc(C)c(N)c(C)c4)cc3n2C)cc1OCc1ccc(Cl)cc1. The van der Waals surface area contributed by atoms with Crippen molar-refractivity contribution in [1.82, 2.24) is 9.55 Å². The number of nitrogen functional groups attached to an aromatic ring is 1. The summed E-state index contributed by atoms with van der Waals surface area (Å²) in [6.45, 7) is 6.89. The Bertz CT molecular complexity index is 1780. The van der Waals surface area contributed by atoms with E-state index < -0.39 is 0 Å². The second-order valence-corrected chi connectivity index (χ2v) is 11.3. The number of fused-ring (bicyclic) bond motifs is 1. The van der Waals surface area contributed by atoms with Crippen LogP contribution in [0, 0.1) is 13.8 Å². The number of nitrogens with zero attached hydrogens (tertiary/aromatic N) is 2. The molecule has 234 valence electrons. The lowest BCUT2D eigenvalue weighted by Gasteiger charge is -2.14. The minimum atomic E-state index is -0.238. The first-order chi connectivity index (χ1) is 21.7. The molecule has 0 aliphatic carbocycles. The highest BCUT2D eigenvalue weighted by molar-refractivity contribution is 6.30. The highest BCUT2D eigenvalue weighted by Gasteiger charge is 2.13. The van der Waals surface area contributed by atoms with Crippen LogP contribution in [0.4, 0.5) is 5.69 Å². The van der Waals surface area contributed by atoms with Gasteiger partial charge in [0.2, 0.25) is 0 Å². The van der Waals surface area contributed by atoms with E-state index in [1.165, 1.54) is 0 Å². The number of anilines is 1. The van der Waals surface area contributed by atoms with Crippen molar-refractivity contribution in [3.05, 3.63) is 106 Å². The minimum absolute atomic E-state index is 0.238. The topological polar surface area (TPSA) is 97.8 Å². The van der Waals surface area contributed by atoms with Crippen LogP contribution < -0.4 is 19.9 Å². The number of benzene rings is 4. The van der Waals surface area contributed by atoms with Gasteiger partial charge in [-0.05, 0) is 91.9 Å². The van der Waals surface area contributed by atoms with Crippen molar-refractivity contribution in [2.24, 2.45) is 7.05 Å². The van der Waals surface area contributed by atoms with Crippen LogP contribution in [0.1, 0.15) is 41.4 Å².